The minimum Gasteiger partial charge on any atom is -1.00 e. The zero-order valence-electron chi connectivity index (χ0n) is 51.8. The number of hydrogen-bond acceptors (Lipinski definition) is 22. The Morgan fingerprint density at radius 2 is 0.625 bits per heavy atom. The molecule has 2 unspecified atom stereocenters. The summed E-state index contributed by atoms with van der Waals surface area (Å²) in [4.78, 5) is 10.1. The first-order valence-electron chi connectivity index (χ1n) is 29.7. The van der Waals surface area contributed by atoms with Gasteiger partial charge in [-0.2, -0.15) is 0 Å². The Bertz CT molecular complexity index is 2280. The average molecular weight is 1300 g/mol. The van der Waals surface area contributed by atoms with Gasteiger partial charge in [-0.25, -0.2) is 0 Å². The van der Waals surface area contributed by atoms with E-state index in [1.807, 2.05) is 60.7 Å². The summed E-state index contributed by atoms with van der Waals surface area (Å²) in [7, 11) is 6.32. The van der Waals surface area contributed by atoms with E-state index in [0.717, 1.165) is 47.9 Å². The van der Waals surface area contributed by atoms with E-state index < -0.39 is 0 Å². The van der Waals surface area contributed by atoms with Gasteiger partial charge >= 0.3 is 17.1 Å². The third kappa shape index (κ3) is 31.8. The minimum atomic E-state index is -0.186. The summed E-state index contributed by atoms with van der Waals surface area (Å²) in [5, 5.41) is 22.7. The van der Waals surface area contributed by atoms with Crippen molar-refractivity contribution in [3.63, 3.8) is 0 Å². The number of halogens is 1. The standard InChI is InChI=1S/C64H94N2O20.ClH.Mn/c1-69-17-19-73-21-23-75-25-27-77-29-31-79-33-35-81-37-39-83-41-43-85-59-15-9-5-11-55(59)51-45-53(63(67)61(47-51)71-3)49-65-57-13-7-8-14-58(57)66-50-54-46-52(48-62(72-4)64(54)68)56-12-6-10-16-60(56)86-44-42-84-40-38-82-36-34-80-32-30-78-28-26-76-24-22-74-20-18-70-2;;/h5-6,9-12,15-16,45-50,57-58,67-68H,7-8,13-14,17-44H2,1-4H3;1H;/q;;+2/p-1. The van der Waals surface area contributed by atoms with Crippen molar-refractivity contribution in [1.29, 1.82) is 0 Å². The van der Waals surface area contributed by atoms with Crippen LogP contribution in [0, 0.1) is 0 Å². The number of ether oxygens (including phenoxy) is 18. The molecule has 0 aromatic heterocycles. The van der Waals surface area contributed by atoms with Gasteiger partial charge in [-0.3, -0.25) is 9.98 Å². The molecule has 1 aliphatic carbocycles. The molecule has 2 atom stereocenters. The Kier molecular flexibility index (Phi) is 44.9. The topological polar surface area (TPSA) is 231 Å². The molecule has 22 nitrogen and oxygen atoms in total. The summed E-state index contributed by atoms with van der Waals surface area (Å²) in [6.07, 6.45) is 6.94. The van der Waals surface area contributed by atoms with Crippen molar-refractivity contribution in [2.45, 2.75) is 37.8 Å². The van der Waals surface area contributed by atoms with Crippen LogP contribution in [0.2, 0.25) is 0 Å². The van der Waals surface area contributed by atoms with Gasteiger partial charge in [0, 0.05) is 48.9 Å². The van der Waals surface area contributed by atoms with Gasteiger partial charge in [0.2, 0.25) is 0 Å². The molecule has 2 N–H and O–H groups in total. The molecule has 88 heavy (non-hydrogen) atoms. The molecule has 5 rings (SSSR count). The molecule has 0 amide bonds. The first kappa shape index (κ1) is 77.5. The molecular weight excluding hydrogens is 1210 g/mol. The maximum atomic E-state index is 11.4. The van der Waals surface area contributed by atoms with Crippen LogP contribution in [0.1, 0.15) is 36.8 Å². The van der Waals surface area contributed by atoms with E-state index in [0.29, 0.717) is 219 Å². The maximum absolute atomic E-state index is 11.4. The molecule has 0 aliphatic heterocycles. The number of aliphatic imine (C=N–C) groups is 2. The Labute approximate surface area is 536 Å². The quantitative estimate of drug-likeness (QED) is 0.0351. The van der Waals surface area contributed by atoms with E-state index in [-0.39, 0.29) is 53.1 Å². The van der Waals surface area contributed by atoms with Gasteiger partial charge in [0.1, 0.15) is 24.7 Å². The van der Waals surface area contributed by atoms with Gasteiger partial charge < -0.3 is 108 Å². The van der Waals surface area contributed by atoms with Crippen molar-refractivity contribution in [3.8, 4) is 56.8 Å². The van der Waals surface area contributed by atoms with Crippen molar-refractivity contribution >= 4 is 12.4 Å². The van der Waals surface area contributed by atoms with Crippen LogP contribution >= 0.6 is 0 Å². The van der Waals surface area contributed by atoms with Crippen molar-refractivity contribution in [2.24, 2.45) is 9.98 Å². The number of phenols is 2. The van der Waals surface area contributed by atoms with Crippen molar-refractivity contribution in [2.75, 3.05) is 213 Å². The van der Waals surface area contributed by atoms with Gasteiger partial charge in [0.25, 0.3) is 0 Å². The molecule has 24 heteroatoms. The van der Waals surface area contributed by atoms with Crippen molar-refractivity contribution in [3.05, 3.63) is 83.9 Å². The summed E-state index contributed by atoms with van der Waals surface area (Å²) < 4.78 is 100. The second kappa shape index (κ2) is 51.0. The zero-order valence-corrected chi connectivity index (χ0v) is 53.7. The van der Waals surface area contributed by atoms with Crippen LogP contribution in [0.15, 0.2) is 82.8 Å². The predicted molar refractivity (Wildman–Crippen MR) is 326 cm³/mol. The van der Waals surface area contributed by atoms with E-state index in [4.69, 9.17) is 95.2 Å². The molecule has 0 bridgehead atoms. The molecule has 4 aromatic carbocycles. The van der Waals surface area contributed by atoms with Crippen LogP contribution in [-0.2, 0) is 83.4 Å². The number of para-hydroxylation sites is 2. The molecular formula is C64H94ClMnN2O20+. The number of hydrogen-bond donors (Lipinski definition) is 2. The number of phenolic OH excluding ortho intramolecular Hbond substituents is 2. The summed E-state index contributed by atoms with van der Waals surface area (Å²) in [6, 6.07) is 22.3. The third-order valence-corrected chi connectivity index (χ3v) is 13.1. The van der Waals surface area contributed by atoms with Gasteiger partial charge in [0.15, 0.2) is 23.0 Å². The van der Waals surface area contributed by atoms with Crippen LogP contribution in [0.4, 0.5) is 0 Å². The molecule has 1 aliphatic rings. The second-order valence-electron chi connectivity index (χ2n) is 19.2. The molecule has 0 heterocycles. The van der Waals surface area contributed by atoms with Crippen molar-refractivity contribution in [1.82, 2.24) is 0 Å². The Hall–Kier alpha value is -4.73. The number of benzene rings is 4. The number of methoxy groups -OCH3 is 4. The molecule has 1 radical (unpaired) electrons. The van der Waals surface area contributed by atoms with Gasteiger partial charge in [-0.15, -0.1) is 0 Å². The molecule has 0 spiro atoms. The van der Waals surface area contributed by atoms with Gasteiger partial charge in [0.05, 0.1) is 198 Å². The normalized spacial score (nSPS) is 14.1. The van der Waals surface area contributed by atoms with Crippen LogP contribution in [-0.4, -0.2) is 248 Å². The molecule has 4 aromatic rings. The second-order valence-corrected chi connectivity index (χ2v) is 19.2. The first-order valence-corrected chi connectivity index (χ1v) is 29.7. The van der Waals surface area contributed by atoms with E-state index in [1.165, 1.54) is 14.2 Å². The summed E-state index contributed by atoms with van der Waals surface area (Å²) in [5.41, 5.74) is 4.16. The fourth-order valence-electron chi connectivity index (χ4n) is 8.64. The van der Waals surface area contributed by atoms with Crippen LogP contribution in [0.5, 0.6) is 34.5 Å². The molecule has 0 saturated heterocycles. The first-order chi connectivity index (χ1) is 42.5. The molecule has 1 saturated carbocycles. The largest absolute Gasteiger partial charge is 2.00 e. The third-order valence-electron chi connectivity index (χ3n) is 13.1. The summed E-state index contributed by atoms with van der Waals surface area (Å²) >= 11 is 0. The SMILES string of the molecule is COCCOCCOCCOCCOCCOCCOCCOc1ccccc1-c1cc(C=NC2CCCCC2N=Cc2cc(-c3ccccc3OCCOCCOCCOCCOCCOCCOCCOC)cc(OC)c2O)c(O)c(OC)c1.[Cl-].[Mn+2]. The number of nitrogens with zero attached hydrogens (tertiary/aromatic N) is 2. The minimum absolute atomic E-state index is 0. The number of aromatic hydroxyl groups is 2. The van der Waals surface area contributed by atoms with Crippen LogP contribution < -0.4 is 31.4 Å². The van der Waals surface area contributed by atoms with E-state index in [9.17, 15) is 10.2 Å². The van der Waals surface area contributed by atoms with Crippen molar-refractivity contribution < 1.29 is 125 Å². The molecule has 493 valence electrons. The smallest absolute Gasteiger partial charge is 1.00 e. The van der Waals surface area contributed by atoms with E-state index in [2.05, 4.69) is 0 Å². The average Bonchev–Trinajstić information content (AvgIpc) is 1.49. The van der Waals surface area contributed by atoms with Gasteiger partial charge in [-0.1, -0.05) is 49.2 Å². The fraction of sp³-hybridized carbons (Fsp3) is 0.594. The van der Waals surface area contributed by atoms with Crippen LogP contribution in [0.3, 0.4) is 0 Å². The zero-order chi connectivity index (χ0) is 60.8. The Balaban J connectivity index is 0.0000101. The van der Waals surface area contributed by atoms with Crippen LogP contribution in [0.25, 0.3) is 22.3 Å². The van der Waals surface area contributed by atoms with E-state index >= 15 is 0 Å². The predicted octanol–water partition coefficient (Wildman–Crippen LogP) is 4.55. The van der Waals surface area contributed by atoms with Gasteiger partial charge in [-0.05, 0) is 60.4 Å². The summed E-state index contributed by atoms with van der Waals surface area (Å²) in [5.74, 6) is 1.85. The van der Waals surface area contributed by atoms with E-state index in [1.54, 1.807) is 38.8 Å². The monoisotopic (exact) mass is 1300 g/mol. The fourth-order valence-corrected chi connectivity index (χ4v) is 8.64. The molecule has 1 fully saturated rings. The summed E-state index contributed by atoms with van der Waals surface area (Å²) in [6.45, 7) is 13.1. The number of rotatable bonds is 52. The Morgan fingerprint density at radius 1 is 0.364 bits per heavy atom. The maximum Gasteiger partial charge on any atom is 2.00 e. The Morgan fingerprint density at radius 3 is 0.898 bits per heavy atom.